The average Bonchev–Trinajstić information content (AvgIpc) is 2.88. The Kier molecular flexibility index (Phi) is 8.41. The molecule has 0 spiro atoms. The summed E-state index contributed by atoms with van der Waals surface area (Å²) in [6.45, 7) is 3.95. The highest BCUT2D eigenvalue weighted by Gasteiger charge is 2.21. The fraction of sp³-hybridized carbons (Fsp3) is 0.148. The number of rotatable bonds is 8. The summed E-state index contributed by atoms with van der Waals surface area (Å²) in [5.74, 6) is -0.602. The van der Waals surface area contributed by atoms with Crippen molar-refractivity contribution in [2.45, 2.75) is 25.2 Å². The van der Waals surface area contributed by atoms with Crippen LogP contribution in [-0.2, 0) is 16.5 Å². The number of phenolic OH excluding ortho intramolecular Hbond substituents is 1. The van der Waals surface area contributed by atoms with E-state index in [1.165, 1.54) is 18.2 Å². The third-order valence-corrected chi connectivity index (χ3v) is 7.32. The molecule has 0 aromatic heterocycles. The van der Waals surface area contributed by atoms with Gasteiger partial charge in [0.05, 0.1) is 22.9 Å². The van der Waals surface area contributed by atoms with E-state index in [0.29, 0.717) is 33.8 Å². The minimum atomic E-state index is -4.58. The maximum absolute atomic E-state index is 13.2. The lowest BCUT2D eigenvalue weighted by Gasteiger charge is -2.12. The van der Waals surface area contributed by atoms with Crippen LogP contribution >= 0.6 is 23.2 Å². The molecule has 0 heterocycles. The molecule has 39 heavy (non-hydrogen) atoms. The van der Waals surface area contributed by atoms with Crippen molar-refractivity contribution in [2.24, 2.45) is 10.2 Å². The molecule has 1 amide bonds. The summed E-state index contributed by atoms with van der Waals surface area (Å²) in [6, 6.07) is 15.7. The van der Waals surface area contributed by atoms with Crippen molar-refractivity contribution in [3.63, 3.8) is 0 Å². The Morgan fingerprint density at radius 1 is 1.00 bits per heavy atom. The summed E-state index contributed by atoms with van der Waals surface area (Å²) in [6.07, 6.45) is 0.257. The van der Waals surface area contributed by atoms with Gasteiger partial charge in [-0.1, -0.05) is 54.4 Å². The molecule has 0 aliphatic carbocycles. The number of azo groups is 1. The zero-order chi connectivity index (χ0) is 28.3. The lowest BCUT2D eigenvalue weighted by Crippen LogP contribution is -2.12. The quantitative estimate of drug-likeness (QED) is 0.142. The van der Waals surface area contributed by atoms with Gasteiger partial charge in [0.15, 0.2) is 5.75 Å². The summed E-state index contributed by atoms with van der Waals surface area (Å²) in [5.41, 5.74) is 0.539. The highest BCUT2D eigenvalue weighted by atomic mass is 35.5. The van der Waals surface area contributed by atoms with Crippen LogP contribution in [-0.4, -0.2) is 30.6 Å². The van der Waals surface area contributed by atoms with Crippen molar-refractivity contribution in [1.29, 1.82) is 0 Å². The number of phenols is 1. The molecule has 3 N–H and O–H groups in total. The molecule has 0 saturated heterocycles. The van der Waals surface area contributed by atoms with Crippen molar-refractivity contribution in [3.05, 3.63) is 81.8 Å². The van der Waals surface area contributed by atoms with Crippen LogP contribution in [0, 0.1) is 0 Å². The van der Waals surface area contributed by atoms with Gasteiger partial charge < -0.3 is 15.2 Å². The average molecular weight is 588 g/mol. The number of nitrogens with one attached hydrogen (secondary N) is 1. The van der Waals surface area contributed by atoms with E-state index in [2.05, 4.69) is 15.5 Å². The molecule has 4 aromatic rings. The highest BCUT2D eigenvalue weighted by Crippen LogP contribution is 2.40. The Morgan fingerprint density at radius 3 is 2.41 bits per heavy atom. The fourth-order valence-corrected chi connectivity index (χ4v) is 5.45. The van der Waals surface area contributed by atoms with Gasteiger partial charge in [-0.15, -0.1) is 5.11 Å². The molecular formula is C27H23Cl2N3O6S. The smallest absolute Gasteiger partial charge is 0.294 e. The number of carbonyl (C=O) groups is 1. The topological polar surface area (TPSA) is 138 Å². The van der Waals surface area contributed by atoms with E-state index < -0.39 is 21.8 Å². The second-order valence-electron chi connectivity index (χ2n) is 8.31. The van der Waals surface area contributed by atoms with Gasteiger partial charge in [-0.25, -0.2) is 0 Å². The zero-order valence-corrected chi connectivity index (χ0v) is 23.1. The molecule has 0 bridgehead atoms. The number of benzene rings is 4. The van der Waals surface area contributed by atoms with Crippen molar-refractivity contribution < 1.29 is 27.6 Å². The van der Waals surface area contributed by atoms with Crippen LogP contribution in [0.1, 0.15) is 29.8 Å². The molecule has 0 atom stereocenters. The largest absolute Gasteiger partial charge is 0.505 e. The second-order valence-corrected chi connectivity index (χ2v) is 10.5. The second kappa shape index (κ2) is 11.6. The number of fused-ring (bicyclic) bond motifs is 1. The number of amides is 1. The molecule has 12 heteroatoms. The van der Waals surface area contributed by atoms with Crippen molar-refractivity contribution in [1.82, 2.24) is 0 Å². The van der Waals surface area contributed by atoms with E-state index >= 15 is 0 Å². The minimum absolute atomic E-state index is 0.0205. The highest BCUT2D eigenvalue weighted by molar-refractivity contribution is 7.85. The van der Waals surface area contributed by atoms with Gasteiger partial charge in [0, 0.05) is 16.1 Å². The number of ether oxygens (including phenoxy) is 1. The Morgan fingerprint density at radius 2 is 1.74 bits per heavy atom. The van der Waals surface area contributed by atoms with Crippen molar-refractivity contribution in [2.75, 3.05) is 11.9 Å². The standard InChI is InChI=1S/C27H23Cl2N3O6S/c1-3-18-21(28)13-17(14-24(18)39(35,36)37)31-32-25-19-8-6-5-7-15(19)11-20(26(25)33)27(34)30-16-9-10-23(38-4-2)22(29)12-16/h5-14,33H,3-4H2,1-2H3,(H,30,34)(H,35,36,37). The van der Waals surface area contributed by atoms with E-state index in [4.69, 9.17) is 27.9 Å². The number of anilines is 1. The zero-order valence-electron chi connectivity index (χ0n) is 20.8. The van der Waals surface area contributed by atoms with E-state index in [1.807, 2.05) is 6.92 Å². The third kappa shape index (κ3) is 6.15. The van der Waals surface area contributed by atoms with Gasteiger partial charge in [-0.05, 0) is 60.7 Å². The van der Waals surface area contributed by atoms with Gasteiger partial charge >= 0.3 is 0 Å². The van der Waals surface area contributed by atoms with Crippen LogP contribution < -0.4 is 10.1 Å². The summed E-state index contributed by atoms with van der Waals surface area (Å²) in [4.78, 5) is 12.8. The number of halogens is 2. The van der Waals surface area contributed by atoms with Crippen molar-refractivity contribution >= 4 is 67.1 Å². The molecule has 0 radical (unpaired) electrons. The first kappa shape index (κ1) is 28.3. The maximum Gasteiger partial charge on any atom is 0.294 e. The molecule has 0 saturated carbocycles. The summed E-state index contributed by atoms with van der Waals surface area (Å²) in [7, 11) is -4.58. The molecular weight excluding hydrogens is 565 g/mol. The Labute approximate surface area is 234 Å². The predicted octanol–water partition coefficient (Wildman–Crippen LogP) is 7.73. The number of aromatic hydroxyl groups is 1. The molecule has 202 valence electrons. The van der Waals surface area contributed by atoms with Crippen LogP contribution in [0.4, 0.5) is 17.1 Å². The van der Waals surface area contributed by atoms with Gasteiger partial charge in [0.2, 0.25) is 0 Å². The molecule has 0 unspecified atom stereocenters. The molecule has 4 aromatic carbocycles. The molecule has 0 aliphatic heterocycles. The van der Waals surface area contributed by atoms with E-state index in [0.717, 1.165) is 6.07 Å². The Bertz CT molecular complexity index is 1720. The Hall–Kier alpha value is -3.70. The molecule has 0 aliphatic rings. The summed E-state index contributed by atoms with van der Waals surface area (Å²) < 4.78 is 38.8. The van der Waals surface area contributed by atoms with Crippen molar-refractivity contribution in [3.8, 4) is 11.5 Å². The maximum atomic E-state index is 13.2. The van der Waals surface area contributed by atoms with Gasteiger partial charge in [-0.3, -0.25) is 9.35 Å². The van der Waals surface area contributed by atoms with Crippen LogP contribution in [0.2, 0.25) is 10.0 Å². The lowest BCUT2D eigenvalue weighted by atomic mass is 10.0. The van der Waals surface area contributed by atoms with Crippen LogP contribution in [0.25, 0.3) is 10.8 Å². The van der Waals surface area contributed by atoms with Gasteiger partial charge in [0.1, 0.15) is 16.3 Å². The van der Waals surface area contributed by atoms with E-state index in [-0.39, 0.29) is 38.8 Å². The van der Waals surface area contributed by atoms with E-state index in [9.17, 15) is 22.9 Å². The van der Waals surface area contributed by atoms with E-state index in [1.54, 1.807) is 43.3 Å². The van der Waals surface area contributed by atoms with Gasteiger partial charge in [-0.2, -0.15) is 13.5 Å². The third-order valence-electron chi connectivity index (χ3n) is 5.77. The minimum Gasteiger partial charge on any atom is -0.505 e. The number of hydrogen-bond donors (Lipinski definition) is 3. The molecule has 4 rings (SSSR count). The number of hydrogen-bond acceptors (Lipinski definition) is 7. The summed E-state index contributed by atoms with van der Waals surface area (Å²) >= 11 is 12.5. The van der Waals surface area contributed by atoms with Gasteiger partial charge in [0.25, 0.3) is 16.0 Å². The number of carbonyl (C=O) groups excluding carboxylic acids is 1. The monoisotopic (exact) mass is 587 g/mol. The normalized spacial score (nSPS) is 11.7. The lowest BCUT2D eigenvalue weighted by molar-refractivity contribution is 0.102. The first-order valence-corrected chi connectivity index (χ1v) is 13.9. The SMILES string of the molecule is CCOc1ccc(NC(=O)c2cc3ccccc3c(N=Nc3cc(Cl)c(CC)c(S(=O)(=O)O)c3)c2O)cc1Cl. The number of nitrogens with zero attached hydrogens (tertiary/aromatic N) is 2. The fourth-order valence-electron chi connectivity index (χ4n) is 3.98. The Balaban J connectivity index is 1.76. The van der Waals surface area contributed by atoms with Crippen LogP contribution in [0.15, 0.2) is 75.8 Å². The first-order chi connectivity index (χ1) is 18.5. The van der Waals surface area contributed by atoms with Crippen LogP contribution in [0.3, 0.4) is 0 Å². The van der Waals surface area contributed by atoms with Crippen LogP contribution in [0.5, 0.6) is 11.5 Å². The molecule has 9 nitrogen and oxygen atoms in total. The summed E-state index contributed by atoms with van der Waals surface area (Å²) in [5, 5.41) is 23.5. The molecule has 0 fully saturated rings. The predicted molar refractivity (Wildman–Crippen MR) is 151 cm³/mol. The first-order valence-electron chi connectivity index (χ1n) is 11.7.